The van der Waals surface area contributed by atoms with Gasteiger partial charge in [0.05, 0.1) is 13.7 Å². The fourth-order valence-electron chi connectivity index (χ4n) is 2.48. The number of carbonyl (C=O) groups is 1. The quantitative estimate of drug-likeness (QED) is 0.938. The molecule has 1 N–H and O–H groups in total. The van der Waals surface area contributed by atoms with E-state index in [9.17, 15) is 4.79 Å². The highest BCUT2D eigenvalue weighted by atomic mass is 16.5. The highest BCUT2D eigenvalue weighted by Gasteiger charge is 2.24. The molecule has 0 fully saturated rings. The first-order valence-corrected chi connectivity index (χ1v) is 6.92. The molecule has 0 spiro atoms. The van der Waals surface area contributed by atoms with Crippen molar-refractivity contribution in [3.05, 3.63) is 59.7 Å². The molecule has 1 amide bonds. The normalized spacial score (nSPS) is 16.0. The van der Waals surface area contributed by atoms with Gasteiger partial charge in [0.15, 0.2) is 0 Å². The van der Waals surface area contributed by atoms with Gasteiger partial charge < -0.3 is 14.8 Å². The van der Waals surface area contributed by atoms with Gasteiger partial charge in [0.1, 0.15) is 11.5 Å². The van der Waals surface area contributed by atoms with Crippen LogP contribution in [0.3, 0.4) is 0 Å². The van der Waals surface area contributed by atoms with Crippen LogP contribution in [0.5, 0.6) is 11.5 Å². The molecule has 3 rings (SSSR count). The number of nitrogens with one attached hydrogen (secondary N) is 1. The average Bonchev–Trinajstić information content (AvgIpc) is 2.96. The summed E-state index contributed by atoms with van der Waals surface area (Å²) in [5.74, 6) is 1.70. The Hall–Kier alpha value is -2.49. The molecular weight excluding hydrogens is 266 g/mol. The number of methoxy groups -OCH3 is 1. The summed E-state index contributed by atoms with van der Waals surface area (Å²) >= 11 is 0. The van der Waals surface area contributed by atoms with Gasteiger partial charge in [-0.05, 0) is 24.3 Å². The first kappa shape index (κ1) is 13.5. The highest BCUT2D eigenvalue weighted by molar-refractivity contribution is 5.94. The van der Waals surface area contributed by atoms with E-state index >= 15 is 0 Å². The monoisotopic (exact) mass is 283 g/mol. The van der Waals surface area contributed by atoms with E-state index in [1.807, 2.05) is 36.4 Å². The third-order valence-corrected chi connectivity index (χ3v) is 3.64. The molecule has 0 saturated carbocycles. The fourth-order valence-corrected chi connectivity index (χ4v) is 2.48. The molecular formula is C17H17NO3. The molecule has 1 heterocycles. The summed E-state index contributed by atoms with van der Waals surface area (Å²) in [6.07, 6.45) is 0. The maximum atomic E-state index is 12.2. The lowest BCUT2D eigenvalue weighted by Crippen LogP contribution is -2.29. The Bertz CT molecular complexity index is 654. The molecule has 2 aromatic carbocycles. The second kappa shape index (κ2) is 5.87. The SMILES string of the molecule is COc1cccc(C(=O)NCC2COc3ccccc32)c1. The molecule has 1 unspecified atom stereocenters. The van der Waals surface area contributed by atoms with Crippen molar-refractivity contribution in [3.8, 4) is 11.5 Å². The molecule has 1 aliphatic heterocycles. The molecule has 21 heavy (non-hydrogen) atoms. The summed E-state index contributed by atoms with van der Waals surface area (Å²) in [6.45, 7) is 1.17. The highest BCUT2D eigenvalue weighted by Crippen LogP contribution is 2.32. The minimum Gasteiger partial charge on any atom is -0.497 e. The van der Waals surface area contributed by atoms with Gasteiger partial charge in [-0.2, -0.15) is 0 Å². The van der Waals surface area contributed by atoms with E-state index in [1.165, 1.54) is 0 Å². The van der Waals surface area contributed by atoms with Crippen molar-refractivity contribution in [2.45, 2.75) is 5.92 Å². The molecule has 108 valence electrons. The summed E-state index contributed by atoms with van der Waals surface area (Å²) in [5.41, 5.74) is 1.75. The van der Waals surface area contributed by atoms with Gasteiger partial charge in [0.25, 0.3) is 5.91 Å². The summed E-state index contributed by atoms with van der Waals surface area (Å²) < 4.78 is 10.7. The van der Waals surface area contributed by atoms with E-state index in [-0.39, 0.29) is 11.8 Å². The van der Waals surface area contributed by atoms with Crippen LogP contribution < -0.4 is 14.8 Å². The van der Waals surface area contributed by atoms with Crippen molar-refractivity contribution in [2.75, 3.05) is 20.3 Å². The first-order valence-electron chi connectivity index (χ1n) is 6.92. The van der Waals surface area contributed by atoms with Crippen LogP contribution in [0.15, 0.2) is 48.5 Å². The lowest BCUT2D eigenvalue weighted by atomic mass is 10.0. The van der Waals surface area contributed by atoms with Gasteiger partial charge in [-0.25, -0.2) is 0 Å². The Morgan fingerprint density at radius 1 is 1.29 bits per heavy atom. The molecule has 0 radical (unpaired) electrons. The van der Waals surface area contributed by atoms with Crippen LogP contribution in [0.25, 0.3) is 0 Å². The molecule has 1 atom stereocenters. The van der Waals surface area contributed by atoms with Gasteiger partial charge in [-0.15, -0.1) is 0 Å². The maximum absolute atomic E-state index is 12.2. The summed E-state index contributed by atoms with van der Waals surface area (Å²) in [5, 5.41) is 2.96. The van der Waals surface area contributed by atoms with Crippen molar-refractivity contribution in [1.82, 2.24) is 5.32 Å². The molecule has 0 aromatic heterocycles. The lowest BCUT2D eigenvalue weighted by Gasteiger charge is -2.11. The van der Waals surface area contributed by atoms with Crippen molar-refractivity contribution < 1.29 is 14.3 Å². The van der Waals surface area contributed by atoms with E-state index in [0.717, 1.165) is 11.3 Å². The Morgan fingerprint density at radius 3 is 3.00 bits per heavy atom. The number of hydrogen-bond acceptors (Lipinski definition) is 3. The van der Waals surface area contributed by atoms with E-state index in [1.54, 1.807) is 19.2 Å². The second-order valence-corrected chi connectivity index (χ2v) is 4.99. The number of para-hydroxylation sites is 1. The predicted octanol–water partition coefficient (Wildman–Crippen LogP) is 2.60. The number of benzene rings is 2. The van der Waals surface area contributed by atoms with Crippen LogP contribution in [-0.2, 0) is 0 Å². The molecule has 4 heteroatoms. The zero-order chi connectivity index (χ0) is 14.7. The van der Waals surface area contributed by atoms with Crippen molar-refractivity contribution in [2.24, 2.45) is 0 Å². The predicted molar refractivity (Wildman–Crippen MR) is 80.0 cm³/mol. The van der Waals surface area contributed by atoms with Gasteiger partial charge in [-0.3, -0.25) is 4.79 Å². The summed E-state index contributed by atoms with van der Waals surface area (Å²) in [7, 11) is 1.59. The molecule has 0 aliphatic carbocycles. The minimum absolute atomic E-state index is 0.0988. The van der Waals surface area contributed by atoms with Crippen LogP contribution in [-0.4, -0.2) is 26.2 Å². The number of carbonyl (C=O) groups excluding carboxylic acids is 1. The fraction of sp³-hybridized carbons (Fsp3) is 0.235. The van der Waals surface area contributed by atoms with Crippen molar-refractivity contribution in [3.63, 3.8) is 0 Å². The standard InChI is InChI=1S/C17H17NO3/c1-20-14-6-4-5-12(9-14)17(19)18-10-13-11-21-16-8-3-2-7-15(13)16/h2-9,13H,10-11H2,1H3,(H,18,19). The average molecular weight is 283 g/mol. The summed E-state index contributed by atoms with van der Waals surface area (Å²) in [4.78, 5) is 12.2. The first-order chi connectivity index (χ1) is 10.3. The van der Waals surface area contributed by atoms with Crippen molar-refractivity contribution in [1.29, 1.82) is 0 Å². The third kappa shape index (κ3) is 2.84. The van der Waals surface area contributed by atoms with E-state index in [4.69, 9.17) is 9.47 Å². The second-order valence-electron chi connectivity index (χ2n) is 4.99. The van der Waals surface area contributed by atoms with Crippen molar-refractivity contribution >= 4 is 5.91 Å². The Balaban J connectivity index is 1.64. The molecule has 0 saturated heterocycles. The zero-order valence-corrected chi connectivity index (χ0v) is 11.8. The van der Waals surface area contributed by atoms with E-state index in [2.05, 4.69) is 5.32 Å². The number of ether oxygens (including phenoxy) is 2. The number of hydrogen-bond donors (Lipinski definition) is 1. The molecule has 1 aliphatic rings. The molecule has 0 bridgehead atoms. The van der Waals surface area contributed by atoms with Crippen LogP contribution in [0, 0.1) is 0 Å². The topological polar surface area (TPSA) is 47.6 Å². The number of amides is 1. The van der Waals surface area contributed by atoms with Gasteiger partial charge in [-0.1, -0.05) is 24.3 Å². The number of rotatable bonds is 4. The Labute approximate surface area is 123 Å². The maximum Gasteiger partial charge on any atom is 0.251 e. The largest absolute Gasteiger partial charge is 0.497 e. The molecule has 4 nitrogen and oxygen atoms in total. The third-order valence-electron chi connectivity index (χ3n) is 3.64. The van der Waals surface area contributed by atoms with Gasteiger partial charge in [0.2, 0.25) is 0 Å². The zero-order valence-electron chi connectivity index (χ0n) is 11.8. The molecule has 2 aromatic rings. The van der Waals surface area contributed by atoms with Crippen LogP contribution in [0.4, 0.5) is 0 Å². The Morgan fingerprint density at radius 2 is 2.14 bits per heavy atom. The number of fused-ring (bicyclic) bond motifs is 1. The van der Waals surface area contributed by atoms with E-state index < -0.39 is 0 Å². The van der Waals surface area contributed by atoms with Gasteiger partial charge >= 0.3 is 0 Å². The summed E-state index contributed by atoms with van der Waals surface area (Å²) in [6, 6.07) is 15.1. The van der Waals surface area contributed by atoms with Crippen LogP contribution >= 0.6 is 0 Å². The van der Waals surface area contributed by atoms with E-state index in [0.29, 0.717) is 24.5 Å². The minimum atomic E-state index is -0.0988. The smallest absolute Gasteiger partial charge is 0.251 e. The Kier molecular flexibility index (Phi) is 3.77. The van der Waals surface area contributed by atoms with Gasteiger partial charge in [0, 0.05) is 23.6 Å². The van der Waals surface area contributed by atoms with Crippen LogP contribution in [0.2, 0.25) is 0 Å². The lowest BCUT2D eigenvalue weighted by molar-refractivity contribution is 0.0949. The van der Waals surface area contributed by atoms with Crippen LogP contribution in [0.1, 0.15) is 21.8 Å².